The minimum absolute atomic E-state index is 0.337. The van der Waals surface area contributed by atoms with E-state index in [1.165, 1.54) is 38.5 Å². The normalized spacial score (nSPS) is 14.5. The van der Waals surface area contributed by atoms with Crippen LogP contribution in [-0.4, -0.2) is 29.4 Å². The van der Waals surface area contributed by atoms with Gasteiger partial charge in [0.2, 0.25) is 0 Å². The molecule has 2 N–H and O–H groups in total. The van der Waals surface area contributed by atoms with Crippen molar-refractivity contribution in [3.05, 3.63) is 0 Å². The zero-order valence-corrected chi connectivity index (χ0v) is 18.1. The van der Waals surface area contributed by atoms with Gasteiger partial charge in [-0.05, 0) is 32.1 Å². The summed E-state index contributed by atoms with van der Waals surface area (Å²) in [7, 11) is -3.97. The van der Waals surface area contributed by atoms with Crippen molar-refractivity contribution < 1.29 is 18.1 Å². The Balaban J connectivity index is 3.84. The fourth-order valence-electron chi connectivity index (χ4n) is 3.48. The lowest BCUT2D eigenvalue weighted by Gasteiger charge is -2.15. The van der Waals surface area contributed by atoms with Crippen molar-refractivity contribution in [2.24, 2.45) is 0 Å². The van der Waals surface area contributed by atoms with Gasteiger partial charge in [0.05, 0.1) is 11.4 Å². The number of aliphatic hydroxyl groups is 1. The molecule has 0 heterocycles. The molecule has 2 atom stereocenters. The lowest BCUT2D eigenvalue weighted by atomic mass is 10.0. The fraction of sp³-hybridized carbons (Fsp3) is 1.00. The molecule has 4 nitrogen and oxygen atoms in total. The maximum Gasteiger partial charge on any atom is 0.267 e. The van der Waals surface area contributed by atoms with E-state index in [4.69, 9.17) is 0 Å². The Morgan fingerprint density at radius 3 is 1.54 bits per heavy atom. The van der Waals surface area contributed by atoms with Crippen molar-refractivity contribution in [1.29, 1.82) is 0 Å². The van der Waals surface area contributed by atoms with Crippen LogP contribution in [0.15, 0.2) is 0 Å². The Morgan fingerprint density at radius 1 is 0.615 bits per heavy atom. The van der Waals surface area contributed by atoms with Gasteiger partial charge < -0.3 is 5.11 Å². The zero-order valence-electron chi connectivity index (χ0n) is 17.3. The Bertz CT molecular complexity index is 395. The highest BCUT2D eigenvalue weighted by atomic mass is 32.2. The molecule has 2 unspecified atom stereocenters. The van der Waals surface area contributed by atoms with Gasteiger partial charge in [-0.2, -0.15) is 8.42 Å². The van der Waals surface area contributed by atoms with Crippen LogP contribution in [0.2, 0.25) is 0 Å². The molecule has 0 bridgehead atoms. The summed E-state index contributed by atoms with van der Waals surface area (Å²) in [6, 6.07) is 0. The van der Waals surface area contributed by atoms with Crippen molar-refractivity contribution in [3.63, 3.8) is 0 Å². The number of rotatable bonds is 19. The zero-order chi connectivity index (χ0) is 19.7. The molecule has 5 heteroatoms. The Morgan fingerprint density at radius 2 is 1.00 bits per heavy atom. The van der Waals surface area contributed by atoms with E-state index in [2.05, 4.69) is 13.8 Å². The summed E-state index contributed by atoms with van der Waals surface area (Å²) in [5.74, 6) is 0. The van der Waals surface area contributed by atoms with Crippen LogP contribution in [0.4, 0.5) is 0 Å². The SMILES string of the molecule is CCCCCCCCCCCC(CCCC(O)CCCCC)S(=O)(=O)O. The molecule has 158 valence electrons. The highest BCUT2D eigenvalue weighted by Gasteiger charge is 2.22. The van der Waals surface area contributed by atoms with Gasteiger partial charge >= 0.3 is 0 Å². The van der Waals surface area contributed by atoms with Crippen LogP contribution in [-0.2, 0) is 10.1 Å². The molecule has 0 fully saturated rings. The second-order valence-electron chi connectivity index (χ2n) is 7.83. The molecule has 0 aromatic carbocycles. The maximum absolute atomic E-state index is 11.6. The summed E-state index contributed by atoms with van der Waals surface area (Å²) in [5, 5.41) is 9.27. The number of hydrogen-bond donors (Lipinski definition) is 2. The van der Waals surface area contributed by atoms with Crippen molar-refractivity contribution in [3.8, 4) is 0 Å². The molecule has 0 aliphatic heterocycles. The topological polar surface area (TPSA) is 74.6 Å². The predicted octanol–water partition coefficient (Wildman–Crippen LogP) is 6.28. The molecular formula is C21H44O4S. The average molecular weight is 393 g/mol. The highest BCUT2D eigenvalue weighted by Crippen LogP contribution is 2.19. The van der Waals surface area contributed by atoms with Crippen molar-refractivity contribution in [2.75, 3.05) is 0 Å². The van der Waals surface area contributed by atoms with Gasteiger partial charge in [0, 0.05) is 0 Å². The van der Waals surface area contributed by atoms with Gasteiger partial charge in [0.15, 0.2) is 0 Å². The first kappa shape index (κ1) is 25.9. The Kier molecular flexibility index (Phi) is 16.9. The summed E-state index contributed by atoms with van der Waals surface area (Å²) >= 11 is 0. The van der Waals surface area contributed by atoms with E-state index in [1.54, 1.807) is 0 Å². The van der Waals surface area contributed by atoms with Crippen LogP contribution in [0.5, 0.6) is 0 Å². The molecular weight excluding hydrogens is 348 g/mol. The van der Waals surface area contributed by atoms with E-state index < -0.39 is 15.4 Å². The van der Waals surface area contributed by atoms with E-state index in [9.17, 15) is 18.1 Å². The highest BCUT2D eigenvalue weighted by molar-refractivity contribution is 7.86. The first-order valence-electron chi connectivity index (χ1n) is 11.1. The van der Waals surface area contributed by atoms with E-state index in [-0.39, 0.29) is 6.10 Å². The summed E-state index contributed by atoms with van der Waals surface area (Å²) in [4.78, 5) is 0. The maximum atomic E-state index is 11.6. The van der Waals surface area contributed by atoms with Gasteiger partial charge in [0.25, 0.3) is 10.1 Å². The smallest absolute Gasteiger partial charge is 0.267 e. The quantitative estimate of drug-likeness (QED) is 0.200. The van der Waals surface area contributed by atoms with E-state index in [1.807, 2.05) is 0 Å². The molecule has 0 saturated carbocycles. The van der Waals surface area contributed by atoms with Gasteiger partial charge in [0.1, 0.15) is 0 Å². The number of hydrogen-bond acceptors (Lipinski definition) is 3. The van der Waals surface area contributed by atoms with Crippen molar-refractivity contribution in [2.45, 2.75) is 134 Å². The molecule has 0 amide bonds. The third-order valence-corrected chi connectivity index (χ3v) is 6.57. The average Bonchev–Trinajstić information content (AvgIpc) is 2.58. The van der Waals surface area contributed by atoms with Crippen LogP contribution in [0.3, 0.4) is 0 Å². The minimum atomic E-state index is -3.97. The second kappa shape index (κ2) is 17.0. The molecule has 0 aromatic heterocycles. The Labute approximate surface area is 162 Å². The fourth-order valence-corrected chi connectivity index (χ4v) is 4.41. The molecule has 0 aromatic rings. The number of unbranched alkanes of at least 4 members (excludes halogenated alkanes) is 10. The summed E-state index contributed by atoms with van der Waals surface area (Å²) < 4.78 is 32.6. The summed E-state index contributed by atoms with van der Waals surface area (Å²) in [6.07, 6.45) is 16.8. The molecule has 0 spiro atoms. The predicted molar refractivity (Wildman–Crippen MR) is 111 cm³/mol. The van der Waals surface area contributed by atoms with Crippen LogP contribution >= 0.6 is 0 Å². The van der Waals surface area contributed by atoms with Crippen LogP contribution in [0.1, 0.15) is 123 Å². The molecule has 0 aliphatic carbocycles. The number of aliphatic hydroxyl groups excluding tert-OH is 1. The van der Waals surface area contributed by atoms with E-state index >= 15 is 0 Å². The van der Waals surface area contributed by atoms with Crippen molar-refractivity contribution in [1.82, 2.24) is 0 Å². The van der Waals surface area contributed by atoms with E-state index in [0.717, 1.165) is 44.9 Å². The Hall–Kier alpha value is -0.130. The third-order valence-electron chi connectivity index (χ3n) is 5.26. The first-order chi connectivity index (χ1) is 12.4. The van der Waals surface area contributed by atoms with Gasteiger partial charge in [-0.1, -0.05) is 90.9 Å². The van der Waals surface area contributed by atoms with Gasteiger partial charge in [-0.3, -0.25) is 4.55 Å². The van der Waals surface area contributed by atoms with Crippen LogP contribution in [0.25, 0.3) is 0 Å². The molecule has 0 radical (unpaired) electrons. The second-order valence-corrected chi connectivity index (χ2v) is 9.53. The third kappa shape index (κ3) is 16.1. The van der Waals surface area contributed by atoms with Gasteiger partial charge in [-0.15, -0.1) is 0 Å². The van der Waals surface area contributed by atoms with Gasteiger partial charge in [-0.25, -0.2) is 0 Å². The summed E-state index contributed by atoms with van der Waals surface area (Å²) in [6.45, 7) is 4.36. The molecule has 0 saturated heterocycles. The van der Waals surface area contributed by atoms with E-state index in [0.29, 0.717) is 25.7 Å². The summed E-state index contributed by atoms with van der Waals surface area (Å²) in [5.41, 5.74) is 0. The van der Waals surface area contributed by atoms with Crippen LogP contribution < -0.4 is 0 Å². The van der Waals surface area contributed by atoms with Crippen LogP contribution in [0, 0.1) is 0 Å². The molecule has 0 rings (SSSR count). The minimum Gasteiger partial charge on any atom is -0.393 e. The lowest BCUT2D eigenvalue weighted by molar-refractivity contribution is 0.147. The largest absolute Gasteiger partial charge is 0.393 e. The molecule has 26 heavy (non-hydrogen) atoms. The lowest BCUT2D eigenvalue weighted by Crippen LogP contribution is -2.21. The van der Waals surface area contributed by atoms with Crippen molar-refractivity contribution >= 4 is 10.1 Å². The monoisotopic (exact) mass is 392 g/mol. The standard InChI is InChI=1S/C21H44O4S/c1-3-5-7-8-9-10-11-12-14-18-21(26(23,24)25)19-15-17-20(22)16-13-6-4-2/h20-22H,3-19H2,1-2H3,(H,23,24,25). The molecule has 0 aliphatic rings. The first-order valence-corrected chi connectivity index (χ1v) is 12.6.